The first kappa shape index (κ1) is 39.4. The van der Waals surface area contributed by atoms with Gasteiger partial charge in [0.15, 0.2) is 5.82 Å². The molecule has 0 spiro atoms. The third-order valence-electron chi connectivity index (χ3n) is 8.32. The molecule has 3 aromatic carbocycles. The van der Waals surface area contributed by atoms with Gasteiger partial charge in [0.1, 0.15) is 29.3 Å². The number of amides is 4. The van der Waals surface area contributed by atoms with Crippen LogP contribution in [0.1, 0.15) is 94.9 Å². The van der Waals surface area contributed by atoms with E-state index in [-0.39, 0.29) is 31.3 Å². The number of ether oxygens (including phenoxy) is 3. The molecule has 1 saturated heterocycles. The molecular formula is C40H48N6O8. The highest BCUT2D eigenvalue weighted by Gasteiger charge is 2.39. The van der Waals surface area contributed by atoms with Gasteiger partial charge in [-0.25, -0.2) is 14.4 Å². The van der Waals surface area contributed by atoms with Crippen LogP contribution in [-0.4, -0.2) is 64.6 Å². The molecule has 0 saturated carbocycles. The molecule has 0 unspecified atom stereocenters. The lowest BCUT2D eigenvalue weighted by Gasteiger charge is -2.37. The van der Waals surface area contributed by atoms with Crippen molar-refractivity contribution in [1.82, 2.24) is 31.4 Å². The van der Waals surface area contributed by atoms with Crippen LogP contribution in [0.4, 0.5) is 9.59 Å². The van der Waals surface area contributed by atoms with E-state index in [1.165, 1.54) is 0 Å². The van der Waals surface area contributed by atoms with Crippen molar-refractivity contribution >= 4 is 24.0 Å². The number of esters is 1. The van der Waals surface area contributed by atoms with Crippen molar-refractivity contribution in [3.63, 3.8) is 0 Å². The summed E-state index contributed by atoms with van der Waals surface area (Å²) in [6.45, 7) is 10.9. The van der Waals surface area contributed by atoms with Crippen molar-refractivity contribution in [2.75, 3.05) is 13.2 Å². The van der Waals surface area contributed by atoms with Gasteiger partial charge in [0.25, 0.3) is 0 Å². The van der Waals surface area contributed by atoms with E-state index in [9.17, 15) is 19.2 Å². The summed E-state index contributed by atoms with van der Waals surface area (Å²) in [5.74, 6) is -1.13. The zero-order valence-electron chi connectivity index (χ0n) is 31.4. The maximum Gasteiger partial charge on any atom is 0.408 e. The summed E-state index contributed by atoms with van der Waals surface area (Å²) in [5, 5.41) is 15.5. The summed E-state index contributed by atoms with van der Waals surface area (Å²) in [4.78, 5) is 57.3. The van der Waals surface area contributed by atoms with Crippen molar-refractivity contribution in [1.29, 1.82) is 0 Å². The minimum atomic E-state index is -1.19. The number of carbonyl (C=O) groups excluding carboxylic acids is 4. The fourth-order valence-electron chi connectivity index (χ4n) is 5.91. The lowest BCUT2D eigenvalue weighted by molar-refractivity contribution is -0.139. The first-order chi connectivity index (χ1) is 25.6. The fraction of sp³-hybridized carbons (Fsp3) is 0.400. The Morgan fingerprint density at radius 2 is 1.35 bits per heavy atom. The third-order valence-corrected chi connectivity index (χ3v) is 8.32. The van der Waals surface area contributed by atoms with Crippen molar-refractivity contribution in [2.45, 2.75) is 89.3 Å². The van der Waals surface area contributed by atoms with Crippen molar-refractivity contribution in [2.24, 2.45) is 0 Å². The summed E-state index contributed by atoms with van der Waals surface area (Å²) < 4.78 is 22.1. The summed E-state index contributed by atoms with van der Waals surface area (Å²) in [5.41, 5.74) is -0.107. The zero-order chi connectivity index (χ0) is 38.9. The molecule has 1 aromatic heterocycles. The van der Waals surface area contributed by atoms with Crippen LogP contribution in [-0.2, 0) is 29.3 Å². The first-order valence-electron chi connectivity index (χ1n) is 17.8. The highest BCUT2D eigenvalue weighted by molar-refractivity contribution is 5.85. The molecule has 1 aliphatic rings. The Morgan fingerprint density at radius 1 is 0.796 bits per heavy atom. The predicted molar refractivity (Wildman–Crippen MR) is 198 cm³/mol. The summed E-state index contributed by atoms with van der Waals surface area (Å²) >= 11 is 0. The normalized spacial score (nSPS) is 15.7. The Kier molecular flexibility index (Phi) is 12.4. The maximum atomic E-state index is 14.4. The van der Waals surface area contributed by atoms with Crippen molar-refractivity contribution in [3.8, 4) is 0 Å². The number of carbonyl (C=O) groups is 4. The quantitative estimate of drug-likeness (QED) is 0.0994. The van der Waals surface area contributed by atoms with Gasteiger partial charge in [0, 0.05) is 6.42 Å². The van der Waals surface area contributed by atoms with Gasteiger partial charge >= 0.3 is 18.1 Å². The Bertz CT molecular complexity index is 1780. The lowest BCUT2D eigenvalue weighted by Crippen LogP contribution is -2.50. The second-order valence-electron chi connectivity index (χ2n) is 14.9. The molecule has 0 radical (unpaired) electrons. The van der Waals surface area contributed by atoms with Gasteiger partial charge in [0.2, 0.25) is 11.8 Å². The third kappa shape index (κ3) is 10.4. The average Bonchev–Trinajstić information content (AvgIpc) is 3.78. The molecule has 54 heavy (non-hydrogen) atoms. The number of urea groups is 1. The molecule has 286 valence electrons. The fourth-order valence-corrected chi connectivity index (χ4v) is 5.91. The first-order valence-corrected chi connectivity index (χ1v) is 17.8. The number of nitrogens with one attached hydrogen (secondary N) is 4. The maximum absolute atomic E-state index is 14.4. The monoisotopic (exact) mass is 740 g/mol. The second kappa shape index (κ2) is 16.9. The minimum absolute atomic E-state index is 0.0271. The molecule has 4 amide bonds. The molecule has 0 aliphatic carbocycles. The summed E-state index contributed by atoms with van der Waals surface area (Å²) in [6, 6.07) is 25.0. The van der Waals surface area contributed by atoms with E-state index < -0.39 is 58.9 Å². The van der Waals surface area contributed by atoms with Crippen molar-refractivity contribution in [3.05, 3.63) is 119 Å². The molecule has 14 nitrogen and oxygen atoms in total. The van der Waals surface area contributed by atoms with Crippen LogP contribution < -0.4 is 21.3 Å². The second-order valence-corrected chi connectivity index (χ2v) is 14.9. The highest BCUT2D eigenvalue weighted by atomic mass is 16.6. The van der Waals surface area contributed by atoms with Crippen LogP contribution in [0.15, 0.2) is 95.5 Å². The molecule has 3 atom stereocenters. The van der Waals surface area contributed by atoms with E-state index in [4.69, 9.17) is 18.7 Å². The van der Waals surface area contributed by atoms with Gasteiger partial charge < -0.3 is 40.0 Å². The van der Waals surface area contributed by atoms with Gasteiger partial charge in [-0.2, -0.15) is 4.98 Å². The zero-order valence-corrected chi connectivity index (χ0v) is 31.4. The smallest absolute Gasteiger partial charge is 0.408 e. The Morgan fingerprint density at radius 3 is 1.83 bits per heavy atom. The van der Waals surface area contributed by atoms with Crippen LogP contribution in [0.25, 0.3) is 0 Å². The van der Waals surface area contributed by atoms with Crippen LogP contribution >= 0.6 is 0 Å². The topological polar surface area (TPSA) is 183 Å². The van der Waals surface area contributed by atoms with Crippen LogP contribution in [0.2, 0.25) is 0 Å². The largest absolute Gasteiger partial charge is 0.464 e. The molecular weight excluding hydrogens is 692 g/mol. The van der Waals surface area contributed by atoms with E-state index in [1.807, 2.05) is 112 Å². The number of aromatic nitrogens is 2. The highest BCUT2D eigenvalue weighted by Crippen LogP contribution is 2.37. The number of hydrogen-bond donors (Lipinski definition) is 4. The average molecular weight is 741 g/mol. The molecule has 14 heteroatoms. The van der Waals surface area contributed by atoms with Gasteiger partial charge in [-0.05, 0) is 58.2 Å². The molecule has 1 aliphatic heterocycles. The molecule has 0 bridgehead atoms. The number of rotatable bonds is 13. The van der Waals surface area contributed by atoms with Gasteiger partial charge in [-0.1, -0.05) is 96.2 Å². The van der Waals surface area contributed by atoms with E-state index in [1.54, 1.807) is 20.8 Å². The van der Waals surface area contributed by atoms with Crippen LogP contribution in [0.3, 0.4) is 0 Å². The number of hydrogen-bond acceptors (Lipinski definition) is 10. The van der Waals surface area contributed by atoms with Gasteiger partial charge in [-0.3, -0.25) is 4.79 Å². The van der Waals surface area contributed by atoms with Crippen LogP contribution in [0.5, 0.6) is 0 Å². The Balaban J connectivity index is 1.49. The van der Waals surface area contributed by atoms with E-state index in [0.717, 1.165) is 16.7 Å². The minimum Gasteiger partial charge on any atom is -0.464 e. The lowest BCUT2D eigenvalue weighted by atomic mass is 9.77. The molecule has 4 N–H and O–H groups in total. The SMILES string of the molecule is CC(C)(C)OC[C@H](NC(=O)OC(C)(C)C)c1noc([C@H](CC(=O)NC(c2ccccc2)(c2ccccc2)c2ccccc2)NC(=O)N[C@H]2CCOC2=O)n1. The summed E-state index contributed by atoms with van der Waals surface area (Å²) in [7, 11) is 0. The standard InChI is InChI=1S/C40H48N6O8/c1-38(2,3)52-25-31(43-37(50)53-39(4,5)6)33-44-34(54-46-33)30(42-36(49)41-29-22-23-51-35(29)48)24-32(47)45-40(26-16-10-7-11-17-26,27-18-12-8-13-19-27)28-20-14-9-15-21-28/h7-21,29-31H,22-25H2,1-6H3,(H,43,50)(H,45,47)(H2,41,42,49)/t29-,30-,31-/m0/s1. The predicted octanol–water partition coefficient (Wildman–Crippen LogP) is 5.60. The number of cyclic esters (lactones) is 1. The molecule has 5 rings (SSSR count). The summed E-state index contributed by atoms with van der Waals surface area (Å²) in [6.07, 6.45) is -0.796. The number of nitrogens with zero attached hydrogens (tertiary/aromatic N) is 2. The van der Waals surface area contributed by atoms with E-state index in [0.29, 0.717) is 6.42 Å². The number of alkyl carbamates (subject to hydrolysis) is 1. The Labute approximate surface area is 314 Å². The Hall–Kier alpha value is -5.76. The molecule has 2 heterocycles. The van der Waals surface area contributed by atoms with Crippen molar-refractivity contribution < 1.29 is 37.9 Å². The number of benzene rings is 3. The van der Waals surface area contributed by atoms with E-state index in [2.05, 4.69) is 31.4 Å². The van der Waals surface area contributed by atoms with Crippen LogP contribution in [0, 0.1) is 0 Å². The van der Waals surface area contributed by atoms with Gasteiger partial charge in [-0.15, -0.1) is 0 Å². The van der Waals surface area contributed by atoms with Gasteiger partial charge in [0.05, 0.1) is 25.2 Å². The molecule has 1 fully saturated rings. The van der Waals surface area contributed by atoms with E-state index >= 15 is 0 Å². The molecule has 4 aromatic rings.